The summed E-state index contributed by atoms with van der Waals surface area (Å²) in [6.45, 7) is 3.51. The van der Waals surface area contributed by atoms with Gasteiger partial charge in [-0.1, -0.05) is 13.5 Å². The molecule has 62 valence electrons. The molecule has 1 atom stereocenters. The van der Waals surface area contributed by atoms with Crippen LogP contribution in [0.3, 0.4) is 0 Å². The second-order valence-electron chi connectivity index (χ2n) is 2.06. The van der Waals surface area contributed by atoms with Gasteiger partial charge in [0.15, 0.2) is 0 Å². The van der Waals surface area contributed by atoms with Crippen LogP contribution in [-0.4, -0.2) is 5.11 Å². The highest BCUT2D eigenvalue weighted by atomic mass is 16.4. The van der Waals surface area contributed by atoms with E-state index in [1.54, 1.807) is 24.5 Å². The molecule has 0 aliphatic heterocycles. The first-order valence-corrected chi connectivity index (χ1v) is 3.17. The van der Waals surface area contributed by atoms with E-state index in [1.165, 1.54) is 0 Å². The van der Waals surface area contributed by atoms with Gasteiger partial charge in [0, 0.05) is 0 Å². The Morgan fingerprint density at radius 2 is 2.45 bits per heavy atom. The zero-order valence-electron chi connectivity index (χ0n) is 5.66. The molecule has 1 unspecified atom stereocenters. The molecule has 1 N–H and O–H groups in total. The van der Waals surface area contributed by atoms with Gasteiger partial charge in [-0.2, -0.15) is 0 Å². The van der Waals surface area contributed by atoms with Crippen molar-refractivity contribution < 1.29 is 9.52 Å². The maximum atomic E-state index is 9.24. The van der Waals surface area contributed by atoms with Gasteiger partial charge >= 0.3 is 0 Å². The molecule has 0 spiro atoms. The van der Waals surface area contributed by atoms with Crippen molar-refractivity contribution in [2.45, 2.75) is 20.0 Å². The number of furan rings is 1. The number of rotatable bonds is 3. The van der Waals surface area contributed by atoms with Crippen molar-refractivity contribution in [3.8, 4) is 0 Å². The fourth-order valence-electron chi connectivity index (χ4n) is 0.755. The van der Waals surface area contributed by atoms with E-state index in [1.807, 2.05) is 0 Å². The lowest BCUT2D eigenvalue weighted by atomic mass is 10.2. The molecule has 1 aromatic heterocycles. The SMILES string of the molecule is C.C=CCC(O)c1ccco1. The van der Waals surface area contributed by atoms with Crippen LogP contribution in [0.15, 0.2) is 35.5 Å². The Kier molecular flexibility index (Phi) is 4.30. The molecule has 1 aromatic rings. The molecule has 0 bridgehead atoms. The Morgan fingerprint density at radius 3 is 2.91 bits per heavy atom. The van der Waals surface area contributed by atoms with E-state index in [0.29, 0.717) is 12.2 Å². The third-order valence-electron chi connectivity index (χ3n) is 1.26. The van der Waals surface area contributed by atoms with Crippen LogP contribution in [0, 0.1) is 0 Å². The molecular weight excluding hydrogens is 140 g/mol. The van der Waals surface area contributed by atoms with Crippen molar-refractivity contribution >= 4 is 0 Å². The molecule has 0 fully saturated rings. The largest absolute Gasteiger partial charge is 0.467 e. The minimum absolute atomic E-state index is 0. The van der Waals surface area contributed by atoms with Crippen molar-refractivity contribution in [2.24, 2.45) is 0 Å². The predicted octanol–water partition coefficient (Wildman–Crippen LogP) is 2.53. The Morgan fingerprint density at radius 1 is 1.73 bits per heavy atom. The zero-order valence-corrected chi connectivity index (χ0v) is 5.66. The number of hydrogen-bond donors (Lipinski definition) is 1. The summed E-state index contributed by atoms with van der Waals surface area (Å²) in [6, 6.07) is 3.50. The summed E-state index contributed by atoms with van der Waals surface area (Å²) in [5.41, 5.74) is 0. The highest BCUT2D eigenvalue weighted by molar-refractivity contribution is 5.02. The molecule has 2 heteroatoms. The van der Waals surface area contributed by atoms with E-state index in [-0.39, 0.29) is 7.43 Å². The lowest BCUT2D eigenvalue weighted by Crippen LogP contribution is -1.91. The lowest BCUT2D eigenvalue weighted by Gasteiger charge is -2.01. The van der Waals surface area contributed by atoms with Gasteiger partial charge in [0.25, 0.3) is 0 Å². The fourth-order valence-corrected chi connectivity index (χ4v) is 0.755. The first-order chi connectivity index (χ1) is 4.84. The van der Waals surface area contributed by atoms with Crippen molar-refractivity contribution in [3.05, 3.63) is 36.8 Å². The minimum Gasteiger partial charge on any atom is -0.467 e. The summed E-state index contributed by atoms with van der Waals surface area (Å²) in [5, 5.41) is 9.24. The highest BCUT2D eigenvalue weighted by Crippen LogP contribution is 2.16. The molecule has 1 rings (SSSR count). The van der Waals surface area contributed by atoms with Crippen molar-refractivity contribution in [3.63, 3.8) is 0 Å². The second kappa shape index (κ2) is 4.74. The Bertz CT molecular complexity index is 189. The molecule has 0 saturated carbocycles. The van der Waals surface area contributed by atoms with E-state index in [0.717, 1.165) is 0 Å². The van der Waals surface area contributed by atoms with Gasteiger partial charge in [-0.15, -0.1) is 6.58 Å². The first kappa shape index (κ1) is 9.98. The van der Waals surface area contributed by atoms with Crippen LogP contribution in [0.1, 0.15) is 25.7 Å². The maximum absolute atomic E-state index is 9.24. The van der Waals surface area contributed by atoms with Gasteiger partial charge in [-0.3, -0.25) is 0 Å². The molecule has 0 saturated heterocycles. The molecule has 0 aliphatic carbocycles. The monoisotopic (exact) mass is 154 g/mol. The van der Waals surface area contributed by atoms with Crippen LogP contribution in [0.5, 0.6) is 0 Å². The van der Waals surface area contributed by atoms with Gasteiger partial charge in [0.1, 0.15) is 11.9 Å². The van der Waals surface area contributed by atoms with Gasteiger partial charge in [-0.05, 0) is 18.6 Å². The van der Waals surface area contributed by atoms with Crippen LogP contribution < -0.4 is 0 Å². The normalized spacial score (nSPS) is 11.7. The van der Waals surface area contributed by atoms with Crippen molar-refractivity contribution in [1.82, 2.24) is 0 Å². The summed E-state index contributed by atoms with van der Waals surface area (Å²) in [6.07, 6.45) is 3.20. The molecule has 0 radical (unpaired) electrons. The third-order valence-corrected chi connectivity index (χ3v) is 1.26. The van der Waals surface area contributed by atoms with Crippen LogP contribution in [0.2, 0.25) is 0 Å². The maximum Gasteiger partial charge on any atom is 0.132 e. The summed E-state index contributed by atoms with van der Waals surface area (Å²) in [5.74, 6) is 0.597. The molecule has 0 aliphatic rings. The number of hydrogen-bond acceptors (Lipinski definition) is 2. The average molecular weight is 154 g/mol. The zero-order chi connectivity index (χ0) is 7.40. The highest BCUT2D eigenvalue weighted by Gasteiger charge is 2.06. The van der Waals surface area contributed by atoms with Gasteiger partial charge < -0.3 is 9.52 Å². The van der Waals surface area contributed by atoms with Crippen LogP contribution >= 0.6 is 0 Å². The molecule has 1 heterocycles. The Labute approximate surface area is 67.2 Å². The van der Waals surface area contributed by atoms with Crippen LogP contribution in [0.25, 0.3) is 0 Å². The molecule has 2 nitrogen and oxygen atoms in total. The summed E-state index contributed by atoms with van der Waals surface area (Å²) >= 11 is 0. The topological polar surface area (TPSA) is 33.4 Å². The van der Waals surface area contributed by atoms with E-state index in [9.17, 15) is 5.11 Å². The quantitative estimate of drug-likeness (QED) is 0.678. The van der Waals surface area contributed by atoms with Crippen molar-refractivity contribution in [2.75, 3.05) is 0 Å². The van der Waals surface area contributed by atoms with E-state index >= 15 is 0 Å². The van der Waals surface area contributed by atoms with Gasteiger partial charge in [0.2, 0.25) is 0 Å². The molecule has 0 aromatic carbocycles. The molecule has 0 amide bonds. The van der Waals surface area contributed by atoms with E-state index < -0.39 is 6.10 Å². The Hall–Kier alpha value is -1.02. The first-order valence-electron chi connectivity index (χ1n) is 3.17. The average Bonchev–Trinajstić information content (AvgIpc) is 2.38. The molecule has 11 heavy (non-hydrogen) atoms. The summed E-state index contributed by atoms with van der Waals surface area (Å²) in [7, 11) is 0. The third kappa shape index (κ3) is 2.60. The van der Waals surface area contributed by atoms with Gasteiger partial charge in [-0.25, -0.2) is 0 Å². The smallest absolute Gasteiger partial charge is 0.132 e. The van der Waals surface area contributed by atoms with Crippen LogP contribution in [0.4, 0.5) is 0 Å². The predicted molar refractivity (Wildman–Crippen MR) is 45.2 cm³/mol. The second-order valence-corrected chi connectivity index (χ2v) is 2.06. The number of aliphatic hydroxyl groups is 1. The number of aliphatic hydroxyl groups excluding tert-OH is 1. The fraction of sp³-hybridized carbons (Fsp3) is 0.333. The Balaban J connectivity index is 0.000001000. The molecular formula is C9H14O2. The van der Waals surface area contributed by atoms with E-state index in [2.05, 4.69) is 6.58 Å². The van der Waals surface area contributed by atoms with E-state index in [4.69, 9.17) is 4.42 Å². The standard InChI is InChI=1S/C8H10O2.CH4/c1-2-4-7(9)8-5-3-6-10-8;/h2-3,5-7,9H,1,4H2;1H4. The summed E-state index contributed by atoms with van der Waals surface area (Å²) in [4.78, 5) is 0. The minimum atomic E-state index is -0.535. The van der Waals surface area contributed by atoms with Gasteiger partial charge in [0.05, 0.1) is 6.26 Å². The lowest BCUT2D eigenvalue weighted by molar-refractivity contribution is 0.153. The van der Waals surface area contributed by atoms with Crippen LogP contribution in [-0.2, 0) is 0 Å². The van der Waals surface area contributed by atoms with Crippen molar-refractivity contribution in [1.29, 1.82) is 0 Å². The summed E-state index contributed by atoms with van der Waals surface area (Å²) < 4.78 is 4.95.